The van der Waals surface area contributed by atoms with Crippen molar-refractivity contribution in [3.63, 3.8) is 0 Å². The number of fused-ring (bicyclic) bond motifs is 7. The molecule has 0 saturated heterocycles. The summed E-state index contributed by atoms with van der Waals surface area (Å²) in [4.78, 5) is 0. The van der Waals surface area contributed by atoms with Crippen LogP contribution in [-0.4, -0.2) is 40.9 Å². The van der Waals surface area contributed by atoms with Crippen LogP contribution >= 0.6 is 0 Å². The van der Waals surface area contributed by atoms with Gasteiger partial charge in [-0.05, 0) is 62.4 Å². The van der Waals surface area contributed by atoms with Crippen molar-refractivity contribution in [2.75, 3.05) is 0 Å². The Hall–Kier alpha value is -8.04. The molecule has 9 aromatic carbocycles. The molecule has 8 N–H and O–H groups in total. The van der Waals surface area contributed by atoms with E-state index in [1.54, 1.807) is 42.5 Å². The van der Waals surface area contributed by atoms with E-state index < -0.39 is 46.0 Å². The lowest BCUT2D eigenvalue weighted by Crippen LogP contribution is -1.96. The molecule has 0 aliphatic carbocycles. The topological polar surface area (TPSA) is 175 Å². The molecule has 0 spiro atoms. The normalized spacial score (nSPS) is 11.7. The highest BCUT2D eigenvalue weighted by Crippen LogP contribution is 2.62. The molecule has 10 aromatic rings. The largest absolute Gasteiger partial charge is 0.504 e. The molecular weight excluding hydrogens is 721 g/mol. The third-order valence-corrected chi connectivity index (χ3v) is 10.9. The Morgan fingerprint density at radius 3 is 1.40 bits per heavy atom. The molecular formula is C48H30O9. The lowest BCUT2D eigenvalue weighted by Gasteiger charge is -2.23. The van der Waals surface area contributed by atoms with E-state index in [1.807, 2.05) is 91.0 Å². The average molecular weight is 751 g/mol. The fourth-order valence-corrected chi connectivity index (χ4v) is 8.31. The molecule has 0 aliphatic heterocycles. The summed E-state index contributed by atoms with van der Waals surface area (Å²) >= 11 is 0. The molecule has 0 saturated carbocycles. The highest BCUT2D eigenvalue weighted by Gasteiger charge is 2.33. The van der Waals surface area contributed by atoms with Gasteiger partial charge in [-0.15, -0.1) is 0 Å². The number of aromatic hydroxyl groups is 8. The SMILES string of the molecule is Oc1c(O)c(O)c2c(-c3ccccc3-c3ccc(-c4ccccc4)cc3)c3c(O)c(O)c(O)c(O)c3c(-c3ccc4oc5ccc6ccccc6c5c4c3)c2c1O. The maximum absolute atomic E-state index is 11.9. The Kier molecular flexibility index (Phi) is 7.20. The third kappa shape index (κ3) is 4.76. The first-order chi connectivity index (χ1) is 27.6. The van der Waals surface area contributed by atoms with E-state index in [0.717, 1.165) is 27.3 Å². The first-order valence-corrected chi connectivity index (χ1v) is 18.0. The Morgan fingerprint density at radius 1 is 0.298 bits per heavy atom. The summed E-state index contributed by atoms with van der Waals surface area (Å²) in [5, 5.41) is 94.1. The Balaban J connectivity index is 1.36. The van der Waals surface area contributed by atoms with Crippen molar-refractivity contribution in [1.82, 2.24) is 0 Å². The van der Waals surface area contributed by atoms with Crippen molar-refractivity contribution in [3.05, 3.63) is 133 Å². The van der Waals surface area contributed by atoms with Crippen LogP contribution in [0.5, 0.6) is 46.0 Å². The van der Waals surface area contributed by atoms with E-state index in [9.17, 15) is 40.9 Å². The Morgan fingerprint density at radius 2 is 0.772 bits per heavy atom. The maximum Gasteiger partial charge on any atom is 0.204 e. The molecule has 0 bridgehead atoms. The zero-order valence-electron chi connectivity index (χ0n) is 29.7. The second-order valence-corrected chi connectivity index (χ2v) is 14.0. The van der Waals surface area contributed by atoms with Gasteiger partial charge in [-0.3, -0.25) is 0 Å². The van der Waals surface area contributed by atoms with E-state index in [2.05, 4.69) is 0 Å². The Bertz CT molecular complexity index is 3230. The summed E-state index contributed by atoms with van der Waals surface area (Å²) in [6.07, 6.45) is 0. The number of phenols is 8. The van der Waals surface area contributed by atoms with Crippen molar-refractivity contribution < 1.29 is 45.3 Å². The van der Waals surface area contributed by atoms with Crippen LogP contribution in [0.2, 0.25) is 0 Å². The van der Waals surface area contributed by atoms with Gasteiger partial charge in [-0.25, -0.2) is 0 Å². The molecule has 0 aliphatic rings. The van der Waals surface area contributed by atoms with Crippen molar-refractivity contribution in [1.29, 1.82) is 0 Å². The summed E-state index contributed by atoms with van der Waals surface area (Å²) in [5.74, 6) is -7.54. The third-order valence-electron chi connectivity index (χ3n) is 10.9. The number of furan rings is 1. The van der Waals surface area contributed by atoms with Crippen molar-refractivity contribution in [2.24, 2.45) is 0 Å². The molecule has 0 amide bonds. The highest BCUT2D eigenvalue weighted by atomic mass is 16.4. The summed E-state index contributed by atoms with van der Waals surface area (Å²) in [6.45, 7) is 0. The summed E-state index contributed by atoms with van der Waals surface area (Å²) in [5.41, 5.74) is 4.92. The molecule has 1 aromatic heterocycles. The zero-order chi connectivity index (χ0) is 39.3. The first-order valence-electron chi connectivity index (χ1n) is 18.0. The van der Waals surface area contributed by atoms with Gasteiger partial charge in [0.1, 0.15) is 11.2 Å². The summed E-state index contributed by atoms with van der Waals surface area (Å²) < 4.78 is 6.22. The van der Waals surface area contributed by atoms with Gasteiger partial charge in [0, 0.05) is 43.4 Å². The second-order valence-electron chi connectivity index (χ2n) is 14.0. The van der Waals surface area contributed by atoms with Gasteiger partial charge in [0.05, 0.1) is 0 Å². The maximum atomic E-state index is 11.9. The van der Waals surface area contributed by atoms with Crippen LogP contribution in [0.3, 0.4) is 0 Å². The van der Waals surface area contributed by atoms with Gasteiger partial charge in [0.25, 0.3) is 0 Å². The molecule has 0 fully saturated rings. The summed E-state index contributed by atoms with van der Waals surface area (Å²) in [6, 6.07) is 41.1. The molecule has 1 heterocycles. The van der Waals surface area contributed by atoms with Crippen LogP contribution < -0.4 is 0 Å². The lowest BCUT2D eigenvalue weighted by molar-refractivity contribution is 0.350. The fraction of sp³-hybridized carbons (Fsp3) is 0. The smallest absolute Gasteiger partial charge is 0.204 e. The predicted molar refractivity (Wildman–Crippen MR) is 221 cm³/mol. The van der Waals surface area contributed by atoms with Crippen molar-refractivity contribution in [3.8, 4) is 90.5 Å². The molecule has 9 nitrogen and oxygen atoms in total. The standard InChI is InChI=1S/C48H30O9/c49-41-37-34(27-19-20-32-31(22-27)35-29-12-5-4-10-25(29)18-21-33(35)57-32)38-40(44(52)48(56)46(54)42(38)50)36(39(37)43(51)47(55)45(41)53)30-13-7-6-11-28(30)26-16-14-24(15-17-26)23-8-2-1-3-9-23/h1-22,49-56H. The van der Waals surface area contributed by atoms with Crippen LogP contribution in [-0.2, 0) is 0 Å². The van der Waals surface area contributed by atoms with Gasteiger partial charge >= 0.3 is 0 Å². The van der Waals surface area contributed by atoms with E-state index in [0.29, 0.717) is 38.8 Å². The number of phenolic OH excluding ortho intramolecular Hbond substituents is 8. The van der Waals surface area contributed by atoms with Gasteiger partial charge in [-0.2, -0.15) is 0 Å². The van der Waals surface area contributed by atoms with Crippen LogP contribution in [0.15, 0.2) is 138 Å². The predicted octanol–water partition coefficient (Wildman–Crippen LogP) is 11.4. The molecule has 57 heavy (non-hydrogen) atoms. The zero-order valence-corrected chi connectivity index (χ0v) is 29.7. The lowest BCUT2D eigenvalue weighted by atomic mass is 9.81. The summed E-state index contributed by atoms with van der Waals surface area (Å²) in [7, 11) is 0. The average Bonchev–Trinajstić information content (AvgIpc) is 3.64. The molecule has 276 valence electrons. The number of hydrogen-bond donors (Lipinski definition) is 8. The quantitative estimate of drug-likeness (QED) is 0.0494. The van der Waals surface area contributed by atoms with Gasteiger partial charge in [-0.1, -0.05) is 115 Å². The monoisotopic (exact) mass is 750 g/mol. The second kappa shape index (κ2) is 12.2. The van der Waals surface area contributed by atoms with Crippen LogP contribution in [0.25, 0.3) is 98.8 Å². The molecule has 0 unspecified atom stereocenters. The van der Waals surface area contributed by atoms with Crippen LogP contribution in [0.4, 0.5) is 0 Å². The first kappa shape index (κ1) is 33.5. The van der Waals surface area contributed by atoms with Gasteiger partial charge in [0.15, 0.2) is 23.0 Å². The minimum Gasteiger partial charge on any atom is -0.504 e. The molecule has 0 radical (unpaired) electrons. The van der Waals surface area contributed by atoms with Gasteiger partial charge < -0.3 is 45.3 Å². The van der Waals surface area contributed by atoms with E-state index in [-0.39, 0.29) is 32.7 Å². The minimum atomic E-state index is -1.04. The number of rotatable bonds is 4. The van der Waals surface area contributed by atoms with E-state index in [4.69, 9.17) is 4.42 Å². The fourth-order valence-electron chi connectivity index (χ4n) is 8.31. The van der Waals surface area contributed by atoms with E-state index in [1.165, 1.54) is 0 Å². The van der Waals surface area contributed by atoms with Gasteiger partial charge in [0.2, 0.25) is 23.0 Å². The van der Waals surface area contributed by atoms with Crippen molar-refractivity contribution >= 4 is 54.3 Å². The highest BCUT2D eigenvalue weighted by molar-refractivity contribution is 6.30. The molecule has 0 atom stereocenters. The number of hydrogen-bond acceptors (Lipinski definition) is 9. The molecule has 9 heteroatoms. The van der Waals surface area contributed by atoms with E-state index >= 15 is 0 Å². The number of benzene rings is 9. The van der Waals surface area contributed by atoms with Crippen LogP contribution in [0, 0.1) is 0 Å². The molecule has 10 rings (SSSR count). The Labute approximate surface area is 322 Å². The minimum absolute atomic E-state index is 0.0291. The van der Waals surface area contributed by atoms with Crippen molar-refractivity contribution in [2.45, 2.75) is 0 Å². The van der Waals surface area contributed by atoms with Crippen LogP contribution in [0.1, 0.15) is 0 Å².